The Labute approximate surface area is 129 Å². The summed E-state index contributed by atoms with van der Waals surface area (Å²) in [4.78, 5) is 11.8. The van der Waals surface area contributed by atoms with E-state index in [4.69, 9.17) is 4.74 Å². The Balaban J connectivity index is 1.72. The lowest BCUT2D eigenvalue weighted by Gasteiger charge is -2.30. The second kappa shape index (κ2) is 7.48. The van der Waals surface area contributed by atoms with Crippen molar-refractivity contribution in [3.8, 4) is 0 Å². The van der Waals surface area contributed by atoms with Crippen molar-refractivity contribution < 1.29 is 9.53 Å². The zero-order chi connectivity index (χ0) is 15.3. The van der Waals surface area contributed by atoms with Crippen molar-refractivity contribution in [2.45, 2.75) is 89.8 Å². The first kappa shape index (κ1) is 16.6. The summed E-state index contributed by atoms with van der Waals surface area (Å²) in [7, 11) is 0. The number of amides is 1. The number of ether oxygens (including phenoxy) is 1. The van der Waals surface area contributed by atoms with Gasteiger partial charge in [0.15, 0.2) is 0 Å². The van der Waals surface area contributed by atoms with Gasteiger partial charge in [-0.3, -0.25) is 0 Å². The minimum Gasteiger partial charge on any atom is -0.444 e. The predicted molar refractivity (Wildman–Crippen MR) is 85.4 cm³/mol. The highest BCUT2D eigenvalue weighted by Crippen LogP contribution is 2.27. The van der Waals surface area contributed by atoms with Gasteiger partial charge >= 0.3 is 6.09 Å². The Kier molecular flexibility index (Phi) is 5.91. The maximum absolute atomic E-state index is 11.8. The van der Waals surface area contributed by atoms with Gasteiger partial charge in [0.25, 0.3) is 0 Å². The third kappa shape index (κ3) is 5.85. The van der Waals surface area contributed by atoms with Crippen molar-refractivity contribution in [2.24, 2.45) is 5.92 Å². The summed E-state index contributed by atoms with van der Waals surface area (Å²) in [5, 5.41) is 6.79. The van der Waals surface area contributed by atoms with Gasteiger partial charge in [-0.05, 0) is 52.4 Å². The van der Waals surface area contributed by atoms with Gasteiger partial charge < -0.3 is 15.4 Å². The van der Waals surface area contributed by atoms with E-state index in [-0.39, 0.29) is 6.09 Å². The summed E-state index contributed by atoms with van der Waals surface area (Å²) >= 11 is 0. The lowest BCUT2D eigenvalue weighted by atomic mass is 9.93. The molecule has 2 unspecified atom stereocenters. The molecule has 4 heteroatoms. The summed E-state index contributed by atoms with van der Waals surface area (Å²) < 4.78 is 5.31. The molecule has 2 aliphatic carbocycles. The molecule has 0 aromatic heterocycles. The average Bonchev–Trinajstić information content (AvgIpc) is 2.83. The molecule has 0 bridgehead atoms. The minimum atomic E-state index is -0.417. The Morgan fingerprint density at radius 2 is 1.76 bits per heavy atom. The fourth-order valence-electron chi connectivity index (χ4n) is 3.60. The second-order valence-corrected chi connectivity index (χ2v) is 7.68. The zero-order valence-electron chi connectivity index (χ0n) is 13.9. The van der Waals surface area contributed by atoms with Crippen LogP contribution in [0.4, 0.5) is 4.79 Å². The van der Waals surface area contributed by atoms with Crippen LogP contribution >= 0.6 is 0 Å². The first-order valence-electron chi connectivity index (χ1n) is 8.67. The van der Waals surface area contributed by atoms with Crippen LogP contribution in [0.2, 0.25) is 0 Å². The molecule has 2 atom stereocenters. The van der Waals surface area contributed by atoms with Crippen LogP contribution in [0.3, 0.4) is 0 Å². The molecule has 122 valence electrons. The van der Waals surface area contributed by atoms with E-state index in [9.17, 15) is 4.79 Å². The van der Waals surface area contributed by atoms with Gasteiger partial charge in [0.2, 0.25) is 0 Å². The molecule has 0 radical (unpaired) electrons. The van der Waals surface area contributed by atoms with Crippen molar-refractivity contribution in [3.05, 3.63) is 0 Å². The van der Waals surface area contributed by atoms with Crippen molar-refractivity contribution in [1.82, 2.24) is 10.6 Å². The fraction of sp³-hybridized carbons (Fsp3) is 0.941. The molecule has 1 amide bonds. The van der Waals surface area contributed by atoms with Crippen molar-refractivity contribution in [2.75, 3.05) is 6.54 Å². The van der Waals surface area contributed by atoms with Crippen LogP contribution in [0, 0.1) is 5.92 Å². The first-order chi connectivity index (χ1) is 9.94. The average molecular weight is 296 g/mol. The number of rotatable bonds is 4. The molecule has 2 N–H and O–H groups in total. The number of carbonyl (C=O) groups is 1. The summed E-state index contributed by atoms with van der Waals surface area (Å²) in [6.45, 7) is 6.43. The monoisotopic (exact) mass is 296 g/mol. The van der Waals surface area contributed by atoms with Crippen LogP contribution in [-0.4, -0.2) is 30.3 Å². The van der Waals surface area contributed by atoms with Gasteiger partial charge in [0.05, 0.1) is 0 Å². The van der Waals surface area contributed by atoms with Gasteiger partial charge in [0, 0.05) is 18.6 Å². The lowest BCUT2D eigenvalue weighted by Crippen LogP contribution is -2.45. The molecule has 21 heavy (non-hydrogen) atoms. The largest absolute Gasteiger partial charge is 0.444 e. The molecular formula is C17H32N2O2. The minimum absolute atomic E-state index is 0.286. The summed E-state index contributed by atoms with van der Waals surface area (Å²) in [6, 6.07) is 1.27. The van der Waals surface area contributed by atoms with E-state index in [1.165, 1.54) is 51.4 Å². The molecule has 0 aromatic rings. The number of carbonyl (C=O) groups excluding carboxylic acids is 1. The van der Waals surface area contributed by atoms with Crippen molar-refractivity contribution >= 4 is 6.09 Å². The molecule has 0 aromatic carbocycles. The van der Waals surface area contributed by atoms with Crippen molar-refractivity contribution in [3.63, 3.8) is 0 Å². The third-order valence-corrected chi connectivity index (χ3v) is 4.62. The van der Waals surface area contributed by atoms with E-state index in [0.29, 0.717) is 18.0 Å². The lowest BCUT2D eigenvalue weighted by molar-refractivity contribution is 0.0517. The number of hydrogen-bond acceptors (Lipinski definition) is 3. The highest BCUT2D eigenvalue weighted by Gasteiger charge is 2.30. The molecule has 0 aliphatic heterocycles. The Morgan fingerprint density at radius 1 is 1.05 bits per heavy atom. The normalized spacial score (nSPS) is 27.6. The van der Waals surface area contributed by atoms with E-state index >= 15 is 0 Å². The van der Waals surface area contributed by atoms with Crippen molar-refractivity contribution in [1.29, 1.82) is 0 Å². The number of hydrogen-bond donors (Lipinski definition) is 2. The van der Waals surface area contributed by atoms with Crippen LogP contribution in [0.15, 0.2) is 0 Å². The van der Waals surface area contributed by atoms with Gasteiger partial charge in [-0.1, -0.05) is 25.7 Å². The zero-order valence-corrected chi connectivity index (χ0v) is 13.9. The fourth-order valence-corrected chi connectivity index (χ4v) is 3.60. The van der Waals surface area contributed by atoms with Crippen LogP contribution < -0.4 is 10.6 Å². The smallest absolute Gasteiger partial charge is 0.407 e. The maximum atomic E-state index is 11.8. The molecule has 0 spiro atoms. The number of alkyl carbamates (subject to hydrolysis) is 1. The molecule has 4 nitrogen and oxygen atoms in total. The second-order valence-electron chi connectivity index (χ2n) is 7.68. The maximum Gasteiger partial charge on any atom is 0.407 e. The first-order valence-corrected chi connectivity index (χ1v) is 8.67. The number of nitrogens with one attached hydrogen (secondary N) is 2. The van der Waals surface area contributed by atoms with Gasteiger partial charge in [-0.2, -0.15) is 0 Å². The summed E-state index contributed by atoms with van der Waals surface area (Å²) in [6.07, 6.45) is 10.2. The third-order valence-electron chi connectivity index (χ3n) is 4.62. The van der Waals surface area contributed by atoms with Crippen LogP contribution in [-0.2, 0) is 4.74 Å². The van der Waals surface area contributed by atoms with E-state index in [2.05, 4.69) is 10.6 Å². The Morgan fingerprint density at radius 3 is 2.43 bits per heavy atom. The standard InChI is InChI=1S/C17H32N2O2/c1-17(2,3)21-16(20)18-12-13-8-7-11-15(13)19-14-9-5-4-6-10-14/h13-15,19H,4-12H2,1-3H3,(H,18,20). The van der Waals surface area contributed by atoms with Crippen LogP contribution in [0.25, 0.3) is 0 Å². The SMILES string of the molecule is CC(C)(C)OC(=O)NCC1CCCC1NC1CCCCC1. The molecule has 2 rings (SSSR count). The van der Waals surface area contributed by atoms with Gasteiger partial charge in [0.1, 0.15) is 5.60 Å². The van der Waals surface area contributed by atoms with E-state index in [1.807, 2.05) is 20.8 Å². The summed E-state index contributed by atoms with van der Waals surface area (Å²) in [5.74, 6) is 0.555. The molecule has 0 saturated heterocycles. The molecule has 2 fully saturated rings. The predicted octanol–water partition coefficient (Wildman–Crippen LogP) is 3.60. The van der Waals surface area contributed by atoms with Crippen LogP contribution in [0.1, 0.15) is 72.1 Å². The highest BCUT2D eigenvalue weighted by molar-refractivity contribution is 5.67. The molecule has 0 heterocycles. The molecule has 2 aliphatic rings. The van der Waals surface area contributed by atoms with Crippen LogP contribution in [0.5, 0.6) is 0 Å². The Hall–Kier alpha value is -0.770. The Bertz CT molecular complexity index is 332. The van der Waals surface area contributed by atoms with E-state index < -0.39 is 5.60 Å². The van der Waals surface area contributed by atoms with Gasteiger partial charge in [-0.25, -0.2) is 4.79 Å². The molecular weight excluding hydrogens is 264 g/mol. The molecule has 2 saturated carbocycles. The van der Waals surface area contributed by atoms with E-state index in [1.54, 1.807) is 0 Å². The quantitative estimate of drug-likeness (QED) is 0.833. The van der Waals surface area contributed by atoms with E-state index in [0.717, 1.165) is 6.54 Å². The highest BCUT2D eigenvalue weighted by atomic mass is 16.6. The summed E-state index contributed by atoms with van der Waals surface area (Å²) in [5.41, 5.74) is -0.417. The topological polar surface area (TPSA) is 50.4 Å². The van der Waals surface area contributed by atoms with Gasteiger partial charge in [-0.15, -0.1) is 0 Å².